The molecule has 1 amide bonds. The minimum atomic E-state index is -0.563. The van der Waals surface area contributed by atoms with E-state index >= 15 is 0 Å². The zero-order chi connectivity index (χ0) is 19.2. The fourth-order valence-electron chi connectivity index (χ4n) is 3.17. The third kappa shape index (κ3) is 5.44. The van der Waals surface area contributed by atoms with Gasteiger partial charge in [-0.2, -0.15) is 5.10 Å². The van der Waals surface area contributed by atoms with Crippen LogP contribution in [0.25, 0.3) is 0 Å². The highest BCUT2D eigenvalue weighted by atomic mass is 35.5. The Morgan fingerprint density at radius 3 is 2.21 bits per heavy atom. The Hall–Kier alpha value is -2.63. The number of amides is 1. The summed E-state index contributed by atoms with van der Waals surface area (Å²) in [5, 5.41) is 7.59. The summed E-state index contributed by atoms with van der Waals surface area (Å²) in [6, 6.07) is 19.5. The van der Waals surface area contributed by atoms with Crippen molar-refractivity contribution in [3.8, 4) is 0 Å². The van der Waals surface area contributed by atoms with E-state index in [1.54, 1.807) is 0 Å². The van der Waals surface area contributed by atoms with Gasteiger partial charge >= 0.3 is 0 Å². The average Bonchev–Trinajstić information content (AvgIpc) is 2.94. The minimum absolute atomic E-state index is 0. The number of carbonyl (C=O) groups is 1. The SMILES string of the molecule is Cc1nn(Cc2ccccc2)c(C)c1CNC(=O)C(N)Cc1ccccc1.Cl. The summed E-state index contributed by atoms with van der Waals surface area (Å²) >= 11 is 0. The first-order chi connectivity index (χ1) is 13.0. The summed E-state index contributed by atoms with van der Waals surface area (Å²) in [7, 11) is 0. The molecule has 3 rings (SSSR count). The van der Waals surface area contributed by atoms with Crippen molar-refractivity contribution in [1.29, 1.82) is 0 Å². The van der Waals surface area contributed by atoms with Gasteiger partial charge < -0.3 is 11.1 Å². The molecule has 0 saturated carbocycles. The number of hydrogen-bond acceptors (Lipinski definition) is 3. The van der Waals surface area contributed by atoms with Crippen LogP contribution in [0.2, 0.25) is 0 Å². The normalized spacial score (nSPS) is 11.5. The molecule has 1 atom stereocenters. The molecule has 0 spiro atoms. The Morgan fingerprint density at radius 2 is 1.61 bits per heavy atom. The van der Waals surface area contributed by atoms with E-state index in [4.69, 9.17) is 5.73 Å². The molecule has 1 heterocycles. The van der Waals surface area contributed by atoms with Gasteiger partial charge in [-0.1, -0.05) is 60.7 Å². The molecule has 6 heteroatoms. The van der Waals surface area contributed by atoms with Crippen LogP contribution in [0.1, 0.15) is 28.1 Å². The van der Waals surface area contributed by atoms with E-state index in [2.05, 4.69) is 22.5 Å². The van der Waals surface area contributed by atoms with Crippen molar-refractivity contribution in [2.75, 3.05) is 0 Å². The molecule has 0 radical (unpaired) electrons. The molecular formula is C22H27ClN4O. The van der Waals surface area contributed by atoms with Crippen LogP contribution in [-0.4, -0.2) is 21.7 Å². The Bertz CT molecular complexity index is 894. The Labute approximate surface area is 172 Å². The molecule has 0 aliphatic carbocycles. The number of nitrogens with zero attached hydrogens (tertiary/aromatic N) is 2. The highest BCUT2D eigenvalue weighted by molar-refractivity contribution is 5.85. The second kappa shape index (κ2) is 10.1. The van der Waals surface area contributed by atoms with Gasteiger partial charge in [-0.25, -0.2) is 0 Å². The second-order valence-corrected chi connectivity index (χ2v) is 6.81. The zero-order valence-electron chi connectivity index (χ0n) is 16.3. The first kappa shape index (κ1) is 21.7. The van der Waals surface area contributed by atoms with Gasteiger partial charge in [0.15, 0.2) is 0 Å². The van der Waals surface area contributed by atoms with Crippen LogP contribution in [0.5, 0.6) is 0 Å². The maximum Gasteiger partial charge on any atom is 0.237 e. The minimum Gasteiger partial charge on any atom is -0.351 e. The van der Waals surface area contributed by atoms with Crippen molar-refractivity contribution in [3.63, 3.8) is 0 Å². The lowest BCUT2D eigenvalue weighted by atomic mass is 10.1. The van der Waals surface area contributed by atoms with E-state index in [1.807, 2.05) is 67.1 Å². The fourth-order valence-corrected chi connectivity index (χ4v) is 3.17. The van der Waals surface area contributed by atoms with E-state index in [0.717, 1.165) is 29.1 Å². The third-order valence-corrected chi connectivity index (χ3v) is 4.78. The van der Waals surface area contributed by atoms with Crippen molar-refractivity contribution < 1.29 is 4.79 Å². The zero-order valence-corrected chi connectivity index (χ0v) is 17.1. The number of halogens is 1. The van der Waals surface area contributed by atoms with E-state index in [1.165, 1.54) is 5.56 Å². The van der Waals surface area contributed by atoms with Crippen LogP contribution < -0.4 is 11.1 Å². The summed E-state index contributed by atoms with van der Waals surface area (Å²) in [6.45, 7) is 5.16. The first-order valence-corrected chi connectivity index (χ1v) is 9.18. The van der Waals surface area contributed by atoms with E-state index in [-0.39, 0.29) is 18.3 Å². The van der Waals surface area contributed by atoms with Gasteiger partial charge in [-0.05, 0) is 31.4 Å². The summed E-state index contributed by atoms with van der Waals surface area (Å²) in [5.41, 5.74) is 11.4. The highest BCUT2D eigenvalue weighted by Crippen LogP contribution is 2.15. The topological polar surface area (TPSA) is 72.9 Å². The molecule has 1 unspecified atom stereocenters. The molecule has 0 aliphatic heterocycles. The predicted octanol–water partition coefficient (Wildman–Crippen LogP) is 3.16. The molecule has 3 N–H and O–H groups in total. The molecule has 3 aromatic rings. The average molecular weight is 399 g/mol. The lowest BCUT2D eigenvalue weighted by Crippen LogP contribution is -2.41. The van der Waals surface area contributed by atoms with Gasteiger partial charge in [-0.15, -0.1) is 12.4 Å². The molecule has 5 nitrogen and oxygen atoms in total. The van der Waals surface area contributed by atoms with Gasteiger partial charge in [0.25, 0.3) is 0 Å². The van der Waals surface area contributed by atoms with Crippen LogP contribution in [0.3, 0.4) is 0 Å². The fraction of sp³-hybridized carbons (Fsp3) is 0.273. The van der Waals surface area contributed by atoms with Crippen LogP contribution in [0.4, 0.5) is 0 Å². The summed E-state index contributed by atoms with van der Waals surface area (Å²) in [5.74, 6) is -0.145. The maximum atomic E-state index is 12.4. The molecule has 0 saturated heterocycles. The van der Waals surface area contributed by atoms with Crippen molar-refractivity contribution >= 4 is 18.3 Å². The predicted molar refractivity (Wildman–Crippen MR) is 114 cm³/mol. The van der Waals surface area contributed by atoms with Crippen molar-refractivity contribution in [1.82, 2.24) is 15.1 Å². The van der Waals surface area contributed by atoms with Gasteiger partial charge in [0.2, 0.25) is 5.91 Å². The third-order valence-electron chi connectivity index (χ3n) is 4.78. The number of hydrogen-bond donors (Lipinski definition) is 2. The maximum absolute atomic E-state index is 12.4. The molecule has 1 aromatic heterocycles. The number of benzene rings is 2. The number of rotatable bonds is 7. The first-order valence-electron chi connectivity index (χ1n) is 9.18. The van der Waals surface area contributed by atoms with E-state index in [9.17, 15) is 4.79 Å². The number of nitrogens with two attached hydrogens (primary N) is 1. The van der Waals surface area contributed by atoms with Gasteiger partial charge in [0.05, 0.1) is 18.3 Å². The molecule has 148 valence electrons. The van der Waals surface area contributed by atoms with Gasteiger partial charge in [-0.3, -0.25) is 9.48 Å². The number of aromatic nitrogens is 2. The summed E-state index contributed by atoms with van der Waals surface area (Å²) in [4.78, 5) is 12.4. The standard InChI is InChI=1S/C22H26N4O.ClH/c1-16-20(17(2)26(25-16)15-19-11-7-4-8-12-19)14-24-22(27)21(23)13-18-9-5-3-6-10-18;/h3-12,21H,13-15,23H2,1-2H3,(H,24,27);1H. The molecule has 0 fully saturated rings. The Morgan fingerprint density at radius 1 is 1.04 bits per heavy atom. The quantitative estimate of drug-likeness (QED) is 0.642. The molecule has 28 heavy (non-hydrogen) atoms. The molecule has 2 aromatic carbocycles. The number of carbonyl (C=O) groups excluding carboxylic acids is 1. The lowest BCUT2D eigenvalue weighted by Gasteiger charge is -2.13. The largest absolute Gasteiger partial charge is 0.351 e. The van der Waals surface area contributed by atoms with Crippen molar-refractivity contribution in [2.45, 2.75) is 39.4 Å². The van der Waals surface area contributed by atoms with Crippen LogP contribution in [0, 0.1) is 13.8 Å². The summed E-state index contributed by atoms with van der Waals surface area (Å²) in [6.07, 6.45) is 0.526. The van der Waals surface area contributed by atoms with Gasteiger partial charge in [0.1, 0.15) is 0 Å². The van der Waals surface area contributed by atoms with Crippen LogP contribution in [0.15, 0.2) is 60.7 Å². The highest BCUT2D eigenvalue weighted by Gasteiger charge is 2.17. The van der Waals surface area contributed by atoms with Crippen molar-refractivity contribution in [2.24, 2.45) is 5.73 Å². The number of aryl methyl sites for hydroxylation is 1. The van der Waals surface area contributed by atoms with E-state index in [0.29, 0.717) is 13.0 Å². The monoisotopic (exact) mass is 398 g/mol. The smallest absolute Gasteiger partial charge is 0.237 e. The Balaban J connectivity index is 0.00000280. The number of nitrogens with one attached hydrogen (secondary N) is 1. The van der Waals surface area contributed by atoms with E-state index < -0.39 is 6.04 Å². The lowest BCUT2D eigenvalue weighted by molar-refractivity contribution is -0.122. The van der Waals surface area contributed by atoms with Crippen LogP contribution in [-0.2, 0) is 24.3 Å². The molecule has 0 aliphatic rings. The van der Waals surface area contributed by atoms with Crippen LogP contribution >= 0.6 is 12.4 Å². The molecule has 0 bridgehead atoms. The summed E-state index contributed by atoms with van der Waals surface area (Å²) < 4.78 is 1.98. The van der Waals surface area contributed by atoms with Crippen molar-refractivity contribution in [3.05, 3.63) is 88.7 Å². The Kier molecular flexibility index (Phi) is 7.79. The second-order valence-electron chi connectivity index (χ2n) is 6.81. The van der Waals surface area contributed by atoms with Gasteiger partial charge in [0, 0.05) is 17.8 Å². The molecular weight excluding hydrogens is 372 g/mol.